The van der Waals surface area contributed by atoms with Gasteiger partial charge in [0.15, 0.2) is 0 Å². The fourth-order valence-corrected chi connectivity index (χ4v) is 4.62. The number of ether oxygens (including phenoxy) is 2. The number of fused-ring (bicyclic) bond motifs is 1. The first-order valence-electron chi connectivity index (χ1n) is 11.6. The molecule has 0 bridgehead atoms. The summed E-state index contributed by atoms with van der Waals surface area (Å²) in [7, 11) is 1.71. The van der Waals surface area contributed by atoms with Crippen molar-refractivity contribution in [2.24, 2.45) is 4.99 Å². The van der Waals surface area contributed by atoms with Gasteiger partial charge in [0.1, 0.15) is 17.2 Å². The van der Waals surface area contributed by atoms with Gasteiger partial charge in [0.25, 0.3) is 0 Å². The summed E-state index contributed by atoms with van der Waals surface area (Å²) >= 11 is 6.04. The van der Waals surface area contributed by atoms with Crippen LogP contribution in [0.3, 0.4) is 0 Å². The minimum Gasteiger partial charge on any atom is -0.496 e. The van der Waals surface area contributed by atoms with Crippen molar-refractivity contribution < 1.29 is 9.47 Å². The molecule has 0 unspecified atom stereocenters. The SMILES string of the molecule is CCCN1c2cc(OC)c(C=Nc3ccc(Oc4cccc(Cl)c4)cc3)cc2C(C)=CC1(C)C. The topological polar surface area (TPSA) is 34.1 Å². The Morgan fingerprint density at radius 3 is 2.47 bits per heavy atom. The molecule has 0 saturated heterocycles. The summed E-state index contributed by atoms with van der Waals surface area (Å²) in [4.78, 5) is 7.15. The van der Waals surface area contributed by atoms with Crippen LogP contribution >= 0.6 is 11.6 Å². The number of nitrogens with zero attached hydrogens (tertiary/aromatic N) is 2. The zero-order valence-electron chi connectivity index (χ0n) is 20.4. The molecule has 4 nitrogen and oxygen atoms in total. The molecule has 1 aliphatic rings. The maximum Gasteiger partial charge on any atom is 0.129 e. The Bertz CT molecular complexity index is 1230. The average Bonchev–Trinajstić information content (AvgIpc) is 2.80. The van der Waals surface area contributed by atoms with Crippen molar-refractivity contribution in [1.29, 1.82) is 0 Å². The lowest BCUT2D eigenvalue weighted by Gasteiger charge is -2.43. The van der Waals surface area contributed by atoms with E-state index in [1.807, 2.05) is 48.7 Å². The number of anilines is 1. The van der Waals surface area contributed by atoms with Crippen molar-refractivity contribution in [2.45, 2.75) is 39.7 Å². The number of benzene rings is 3. The summed E-state index contributed by atoms with van der Waals surface area (Å²) in [6.45, 7) is 9.90. The summed E-state index contributed by atoms with van der Waals surface area (Å²) in [5.41, 5.74) is 5.45. The second-order valence-corrected chi connectivity index (χ2v) is 9.49. The maximum absolute atomic E-state index is 6.04. The Kier molecular flexibility index (Phi) is 6.99. The molecule has 1 aliphatic heterocycles. The van der Waals surface area contributed by atoms with Crippen LogP contribution in [0.15, 0.2) is 71.7 Å². The number of hydrogen-bond acceptors (Lipinski definition) is 4. The van der Waals surface area contributed by atoms with Gasteiger partial charge in [0.05, 0.1) is 18.3 Å². The third kappa shape index (κ3) is 5.13. The van der Waals surface area contributed by atoms with Crippen LogP contribution < -0.4 is 14.4 Å². The van der Waals surface area contributed by atoms with Gasteiger partial charge in [-0.15, -0.1) is 0 Å². The van der Waals surface area contributed by atoms with Gasteiger partial charge in [0, 0.05) is 40.7 Å². The predicted molar refractivity (Wildman–Crippen MR) is 144 cm³/mol. The van der Waals surface area contributed by atoms with E-state index in [-0.39, 0.29) is 5.54 Å². The molecule has 176 valence electrons. The lowest BCUT2D eigenvalue weighted by molar-refractivity contribution is 0.413. The van der Waals surface area contributed by atoms with Crippen molar-refractivity contribution >= 4 is 34.8 Å². The van der Waals surface area contributed by atoms with Crippen molar-refractivity contribution in [1.82, 2.24) is 0 Å². The number of methoxy groups -OCH3 is 1. The first-order valence-corrected chi connectivity index (χ1v) is 12.0. The summed E-state index contributed by atoms with van der Waals surface area (Å²) in [6, 6.07) is 19.3. The smallest absolute Gasteiger partial charge is 0.129 e. The van der Waals surface area contributed by atoms with Crippen molar-refractivity contribution in [3.05, 3.63) is 82.9 Å². The molecule has 34 heavy (non-hydrogen) atoms. The molecule has 0 fully saturated rings. The van der Waals surface area contributed by atoms with Gasteiger partial charge in [0.2, 0.25) is 0 Å². The molecular weight excluding hydrogens is 444 g/mol. The molecule has 0 spiro atoms. The molecule has 0 saturated carbocycles. The summed E-state index contributed by atoms with van der Waals surface area (Å²) in [6.07, 6.45) is 5.29. The largest absolute Gasteiger partial charge is 0.496 e. The third-order valence-corrected chi connectivity index (χ3v) is 6.23. The molecule has 0 aliphatic carbocycles. The maximum atomic E-state index is 6.04. The van der Waals surface area contributed by atoms with Crippen LogP contribution in [0.1, 0.15) is 45.2 Å². The van der Waals surface area contributed by atoms with Gasteiger partial charge in [-0.25, -0.2) is 0 Å². The first-order chi connectivity index (χ1) is 16.3. The highest BCUT2D eigenvalue weighted by molar-refractivity contribution is 6.30. The van der Waals surface area contributed by atoms with E-state index < -0.39 is 0 Å². The third-order valence-electron chi connectivity index (χ3n) is 6.00. The minimum absolute atomic E-state index is 0.0391. The van der Waals surface area contributed by atoms with Crippen LogP contribution in [-0.2, 0) is 0 Å². The monoisotopic (exact) mass is 474 g/mol. The number of rotatable bonds is 7. The molecule has 1 heterocycles. The van der Waals surface area contributed by atoms with E-state index in [0.29, 0.717) is 10.8 Å². The minimum atomic E-state index is -0.0391. The van der Waals surface area contributed by atoms with E-state index in [0.717, 1.165) is 35.7 Å². The quantitative estimate of drug-likeness (QED) is 0.323. The molecule has 0 radical (unpaired) electrons. The lowest BCUT2D eigenvalue weighted by Crippen LogP contribution is -2.45. The standard InChI is InChI=1S/C29H31ClN2O2/c1-6-14-32-27-17-28(33-5)21(15-26(27)20(2)18-29(32,3)4)19-31-23-10-12-24(13-11-23)34-25-9-7-8-22(30)16-25/h7-13,15-19H,6,14H2,1-5H3. The Morgan fingerprint density at radius 1 is 1.03 bits per heavy atom. The van der Waals surface area contributed by atoms with Crippen LogP contribution in [0.25, 0.3) is 5.57 Å². The first kappa shape index (κ1) is 23.9. The van der Waals surface area contributed by atoms with Crippen LogP contribution in [0, 0.1) is 0 Å². The zero-order valence-corrected chi connectivity index (χ0v) is 21.2. The van der Waals surface area contributed by atoms with Gasteiger partial charge < -0.3 is 14.4 Å². The molecule has 3 aromatic rings. The molecule has 0 atom stereocenters. The lowest BCUT2D eigenvalue weighted by atomic mass is 9.87. The van der Waals surface area contributed by atoms with E-state index in [4.69, 9.17) is 26.1 Å². The number of hydrogen-bond donors (Lipinski definition) is 0. The van der Waals surface area contributed by atoms with E-state index in [2.05, 4.69) is 50.8 Å². The van der Waals surface area contributed by atoms with Crippen LogP contribution in [0.2, 0.25) is 5.02 Å². The predicted octanol–water partition coefficient (Wildman–Crippen LogP) is 8.30. The highest BCUT2D eigenvalue weighted by atomic mass is 35.5. The molecule has 5 heteroatoms. The Morgan fingerprint density at radius 2 is 1.79 bits per heavy atom. The molecule has 0 amide bonds. The van der Waals surface area contributed by atoms with Gasteiger partial charge in [-0.2, -0.15) is 0 Å². The van der Waals surface area contributed by atoms with E-state index in [1.165, 1.54) is 16.8 Å². The number of halogens is 1. The fraction of sp³-hybridized carbons (Fsp3) is 0.276. The van der Waals surface area contributed by atoms with Gasteiger partial charge in [-0.3, -0.25) is 4.99 Å². The van der Waals surface area contributed by atoms with Crippen LogP contribution in [-0.4, -0.2) is 25.4 Å². The number of allylic oxidation sites excluding steroid dienone is 1. The van der Waals surface area contributed by atoms with Crippen molar-refractivity contribution in [2.75, 3.05) is 18.6 Å². The Labute approximate surface area is 207 Å². The van der Waals surface area contributed by atoms with Gasteiger partial charge in [-0.1, -0.05) is 30.7 Å². The normalized spacial score (nSPS) is 14.6. The second kappa shape index (κ2) is 9.94. The summed E-state index contributed by atoms with van der Waals surface area (Å²) in [5.74, 6) is 2.24. The fourth-order valence-electron chi connectivity index (χ4n) is 4.44. The van der Waals surface area contributed by atoms with Crippen LogP contribution in [0.4, 0.5) is 11.4 Å². The van der Waals surface area contributed by atoms with E-state index in [9.17, 15) is 0 Å². The van der Waals surface area contributed by atoms with Crippen molar-refractivity contribution in [3.8, 4) is 17.2 Å². The Balaban J connectivity index is 1.59. The summed E-state index contributed by atoms with van der Waals surface area (Å²) in [5, 5.41) is 0.643. The average molecular weight is 475 g/mol. The molecule has 0 aromatic heterocycles. The molecule has 0 N–H and O–H groups in total. The van der Waals surface area contributed by atoms with E-state index >= 15 is 0 Å². The van der Waals surface area contributed by atoms with Crippen LogP contribution in [0.5, 0.6) is 17.2 Å². The highest BCUT2D eigenvalue weighted by Crippen LogP contribution is 2.42. The van der Waals surface area contributed by atoms with E-state index in [1.54, 1.807) is 13.2 Å². The Hall–Kier alpha value is -3.24. The molecular formula is C29H31ClN2O2. The highest BCUT2D eigenvalue weighted by Gasteiger charge is 2.31. The molecule has 4 rings (SSSR count). The van der Waals surface area contributed by atoms with Crippen molar-refractivity contribution in [3.63, 3.8) is 0 Å². The van der Waals surface area contributed by atoms with Gasteiger partial charge >= 0.3 is 0 Å². The van der Waals surface area contributed by atoms with Gasteiger partial charge in [-0.05, 0) is 81.3 Å². The number of aliphatic imine (C=N–C) groups is 1. The zero-order chi connectivity index (χ0) is 24.3. The summed E-state index contributed by atoms with van der Waals surface area (Å²) < 4.78 is 11.6. The molecule has 3 aromatic carbocycles. The second-order valence-electron chi connectivity index (χ2n) is 9.06.